The molecule has 0 spiro atoms. The van der Waals surface area contributed by atoms with Crippen molar-refractivity contribution in [1.82, 2.24) is 10.3 Å². The average Bonchev–Trinajstić information content (AvgIpc) is 2.96. The maximum Gasteiger partial charge on any atom is 0.336 e. The second-order valence-corrected chi connectivity index (χ2v) is 5.13. The summed E-state index contributed by atoms with van der Waals surface area (Å²) in [6.45, 7) is 3.12. The first-order valence-electron chi connectivity index (χ1n) is 6.20. The lowest BCUT2D eigenvalue weighted by molar-refractivity contribution is 0.0699. The van der Waals surface area contributed by atoms with Crippen LogP contribution in [-0.2, 0) is 5.54 Å². The summed E-state index contributed by atoms with van der Waals surface area (Å²) in [6.07, 6.45) is 3.95. The van der Waals surface area contributed by atoms with Crippen molar-refractivity contribution < 1.29 is 9.90 Å². The fourth-order valence-corrected chi connectivity index (χ4v) is 2.80. The first-order valence-corrected chi connectivity index (χ1v) is 6.20. The number of aromatic amines is 1. The molecule has 0 radical (unpaired) electrons. The fraction of sp³-hybridized carbons (Fsp3) is 0.357. The van der Waals surface area contributed by atoms with Crippen molar-refractivity contribution in [2.45, 2.75) is 25.3 Å². The van der Waals surface area contributed by atoms with Crippen molar-refractivity contribution in [3.05, 3.63) is 35.5 Å². The van der Waals surface area contributed by atoms with Gasteiger partial charge in [0.1, 0.15) is 0 Å². The second kappa shape index (κ2) is 3.85. The molecular weight excluding hydrogens is 228 g/mol. The SMILES string of the molecule is CC1(c2cc(C(=O)O)c3cc[nH]c3c2)CCCN1. The van der Waals surface area contributed by atoms with Crippen molar-refractivity contribution in [3.8, 4) is 0 Å². The van der Waals surface area contributed by atoms with E-state index in [1.165, 1.54) is 0 Å². The van der Waals surface area contributed by atoms with E-state index in [2.05, 4.69) is 23.3 Å². The zero-order valence-electron chi connectivity index (χ0n) is 10.3. The fourth-order valence-electron chi connectivity index (χ4n) is 2.80. The van der Waals surface area contributed by atoms with Crippen LogP contribution in [-0.4, -0.2) is 22.6 Å². The molecule has 1 aromatic carbocycles. The van der Waals surface area contributed by atoms with Crippen LogP contribution in [0.4, 0.5) is 0 Å². The Morgan fingerprint density at radius 1 is 1.44 bits per heavy atom. The number of aromatic nitrogens is 1. The highest BCUT2D eigenvalue weighted by molar-refractivity contribution is 6.03. The van der Waals surface area contributed by atoms with Crippen LogP contribution in [0.15, 0.2) is 24.4 Å². The van der Waals surface area contributed by atoms with Gasteiger partial charge in [-0.25, -0.2) is 4.79 Å². The quantitative estimate of drug-likeness (QED) is 0.760. The van der Waals surface area contributed by atoms with Gasteiger partial charge in [-0.2, -0.15) is 0 Å². The molecule has 1 unspecified atom stereocenters. The number of benzene rings is 1. The van der Waals surface area contributed by atoms with Crippen LogP contribution < -0.4 is 5.32 Å². The molecule has 0 bridgehead atoms. The summed E-state index contributed by atoms with van der Waals surface area (Å²) in [5, 5.41) is 13.6. The summed E-state index contributed by atoms with van der Waals surface area (Å²) in [5.74, 6) is -0.872. The van der Waals surface area contributed by atoms with Gasteiger partial charge in [-0.1, -0.05) is 0 Å². The first kappa shape index (κ1) is 11.3. The number of carbonyl (C=O) groups is 1. The largest absolute Gasteiger partial charge is 0.478 e. The zero-order valence-corrected chi connectivity index (χ0v) is 10.3. The molecule has 3 rings (SSSR count). The highest BCUT2D eigenvalue weighted by Gasteiger charge is 2.31. The van der Waals surface area contributed by atoms with E-state index in [-0.39, 0.29) is 5.54 Å². The summed E-state index contributed by atoms with van der Waals surface area (Å²) in [4.78, 5) is 14.5. The number of carboxylic acids is 1. The average molecular weight is 244 g/mol. The highest BCUT2D eigenvalue weighted by atomic mass is 16.4. The van der Waals surface area contributed by atoms with Gasteiger partial charge in [0.2, 0.25) is 0 Å². The number of hydrogen-bond donors (Lipinski definition) is 3. The molecule has 1 aliphatic heterocycles. The van der Waals surface area contributed by atoms with Gasteiger partial charge in [0.15, 0.2) is 0 Å². The molecule has 2 aromatic rings. The number of hydrogen-bond acceptors (Lipinski definition) is 2. The van der Waals surface area contributed by atoms with Gasteiger partial charge in [-0.15, -0.1) is 0 Å². The lowest BCUT2D eigenvalue weighted by Gasteiger charge is -2.25. The van der Waals surface area contributed by atoms with E-state index in [1.54, 1.807) is 12.3 Å². The second-order valence-electron chi connectivity index (χ2n) is 5.13. The maximum atomic E-state index is 11.4. The van der Waals surface area contributed by atoms with Crippen LogP contribution in [0.3, 0.4) is 0 Å². The Morgan fingerprint density at radius 3 is 2.94 bits per heavy atom. The Hall–Kier alpha value is -1.81. The summed E-state index contributed by atoms with van der Waals surface area (Å²) in [7, 11) is 0. The molecule has 94 valence electrons. The van der Waals surface area contributed by atoms with Gasteiger partial charge in [-0.3, -0.25) is 0 Å². The van der Waals surface area contributed by atoms with Crippen molar-refractivity contribution in [2.24, 2.45) is 0 Å². The molecule has 3 N–H and O–H groups in total. The molecular formula is C14H16N2O2. The van der Waals surface area contributed by atoms with Crippen LogP contribution in [0.2, 0.25) is 0 Å². The predicted molar refractivity (Wildman–Crippen MR) is 69.8 cm³/mol. The number of fused-ring (bicyclic) bond motifs is 1. The smallest absolute Gasteiger partial charge is 0.336 e. The summed E-state index contributed by atoms with van der Waals surface area (Å²) in [6, 6.07) is 5.67. The highest BCUT2D eigenvalue weighted by Crippen LogP contribution is 2.33. The molecule has 0 amide bonds. The van der Waals surface area contributed by atoms with Gasteiger partial charge in [-0.05, 0) is 50.1 Å². The lowest BCUT2D eigenvalue weighted by Crippen LogP contribution is -2.33. The van der Waals surface area contributed by atoms with Gasteiger partial charge in [0, 0.05) is 22.6 Å². The van der Waals surface area contributed by atoms with Gasteiger partial charge in [0.05, 0.1) is 5.56 Å². The van der Waals surface area contributed by atoms with Crippen LogP contribution in [0.25, 0.3) is 10.9 Å². The molecule has 0 aliphatic carbocycles. The normalized spacial score (nSPS) is 23.6. The number of H-pyrrole nitrogens is 1. The van der Waals surface area contributed by atoms with Crippen molar-refractivity contribution in [3.63, 3.8) is 0 Å². The molecule has 1 fully saturated rings. The Balaban J connectivity index is 2.21. The Labute approximate surface area is 105 Å². The molecule has 2 heterocycles. The monoisotopic (exact) mass is 244 g/mol. The molecule has 0 saturated carbocycles. The van der Waals surface area contributed by atoms with E-state index >= 15 is 0 Å². The van der Waals surface area contributed by atoms with E-state index in [9.17, 15) is 9.90 Å². The Kier molecular flexibility index (Phi) is 2.41. The van der Waals surface area contributed by atoms with Crippen LogP contribution in [0.5, 0.6) is 0 Å². The lowest BCUT2D eigenvalue weighted by atomic mass is 9.88. The minimum atomic E-state index is -0.872. The predicted octanol–water partition coefficient (Wildman–Crippen LogP) is 2.46. The molecule has 18 heavy (non-hydrogen) atoms. The Morgan fingerprint density at radius 2 is 2.28 bits per heavy atom. The number of nitrogens with one attached hydrogen (secondary N) is 2. The van der Waals surface area contributed by atoms with Crippen LogP contribution in [0, 0.1) is 0 Å². The molecule has 4 nitrogen and oxygen atoms in total. The van der Waals surface area contributed by atoms with E-state index in [0.717, 1.165) is 35.9 Å². The molecule has 1 atom stereocenters. The third kappa shape index (κ3) is 1.61. The van der Waals surface area contributed by atoms with E-state index in [0.29, 0.717) is 5.56 Å². The summed E-state index contributed by atoms with van der Waals surface area (Å²) in [5.41, 5.74) is 2.20. The molecule has 1 aromatic heterocycles. The van der Waals surface area contributed by atoms with Gasteiger partial charge < -0.3 is 15.4 Å². The third-order valence-electron chi connectivity index (χ3n) is 3.91. The number of carboxylic acid groups (broad SMARTS) is 1. The van der Waals surface area contributed by atoms with E-state index < -0.39 is 5.97 Å². The zero-order chi connectivity index (χ0) is 12.8. The first-order chi connectivity index (χ1) is 8.60. The van der Waals surface area contributed by atoms with Crippen LogP contribution >= 0.6 is 0 Å². The minimum absolute atomic E-state index is 0.108. The van der Waals surface area contributed by atoms with Gasteiger partial charge in [0.25, 0.3) is 0 Å². The number of aromatic carboxylic acids is 1. The summed E-state index contributed by atoms with van der Waals surface area (Å²) >= 11 is 0. The Bertz CT molecular complexity index is 609. The minimum Gasteiger partial charge on any atom is -0.478 e. The van der Waals surface area contributed by atoms with Crippen molar-refractivity contribution >= 4 is 16.9 Å². The van der Waals surface area contributed by atoms with E-state index in [4.69, 9.17) is 0 Å². The standard InChI is InChI=1S/C14H16N2O2/c1-14(4-2-5-16-14)9-7-11(13(17)18)10-3-6-15-12(10)8-9/h3,6-8,15-16H,2,4-5H2,1H3,(H,17,18). The van der Waals surface area contributed by atoms with E-state index in [1.807, 2.05) is 6.07 Å². The van der Waals surface area contributed by atoms with Crippen molar-refractivity contribution in [2.75, 3.05) is 6.54 Å². The topological polar surface area (TPSA) is 65.1 Å². The molecule has 1 saturated heterocycles. The van der Waals surface area contributed by atoms with Crippen molar-refractivity contribution in [1.29, 1.82) is 0 Å². The number of rotatable bonds is 2. The summed E-state index contributed by atoms with van der Waals surface area (Å²) < 4.78 is 0. The third-order valence-corrected chi connectivity index (χ3v) is 3.91. The molecule has 1 aliphatic rings. The maximum absolute atomic E-state index is 11.4. The van der Waals surface area contributed by atoms with Gasteiger partial charge >= 0.3 is 5.97 Å². The molecule has 4 heteroatoms. The van der Waals surface area contributed by atoms with Crippen LogP contribution in [0.1, 0.15) is 35.7 Å².